The Morgan fingerprint density at radius 2 is 1.85 bits per heavy atom. The number of aliphatic imine (C=N–C) groups is 1. The molecule has 0 unspecified atom stereocenters. The average Bonchev–Trinajstić information content (AvgIpc) is 2.47. The summed E-state index contributed by atoms with van der Waals surface area (Å²) in [6.45, 7) is 5.25. The number of guanidine groups is 1. The van der Waals surface area contributed by atoms with Crippen molar-refractivity contribution in [3.8, 4) is 0 Å². The van der Waals surface area contributed by atoms with Crippen LogP contribution in [0.3, 0.4) is 0 Å². The quantitative estimate of drug-likeness (QED) is 0.313. The second-order valence-corrected chi connectivity index (χ2v) is 5.00. The fourth-order valence-corrected chi connectivity index (χ4v) is 2.22. The minimum absolute atomic E-state index is 0. The predicted octanol–water partition coefficient (Wildman–Crippen LogP) is 1.97. The van der Waals surface area contributed by atoms with Gasteiger partial charge in [0.2, 0.25) is 5.91 Å². The Labute approximate surface area is 140 Å². The summed E-state index contributed by atoms with van der Waals surface area (Å²) >= 11 is 0. The molecule has 0 aromatic heterocycles. The summed E-state index contributed by atoms with van der Waals surface area (Å²) in [5.41, 5.74) is 0. The standard InChI is InChI=1S/C14H28N4O.HI/c1-3-4-6-9-16-14(15-2)17-12-13(19)18-10-7-5-8-11-18;/h3-12H2,1-2H3,(H2,15,16,17);1H. The minimum atomic E-state index is 0. The van der Waals surface area contributed by atoms with E-state index in [-0.39, 0.29) is 29.9 Å². The molecule has 20 heavy (non-hydrogen) atoms. The van der Waals surface area contributed by atoms with Crippen LogP contribution < -0.4 is 10.6 Å². The highest BCUT2D eigenvalue weighted by molar-refractivity contribution is 14.0. The first-order valence-corrected chi connectivity index (χ1v) is 7.50. The average molecular weight is 396 g/mol. The van der Waals surface area contributed by atoms with Crippen LogP contribution in [-0.2, 0) is 4.79 Å². The van der Waals surface area contributed by atoms with Crippen LogP contribution in [0.2, 0.25) is 0 Å². The topological polar surface area (TPSA) is 56.7 Å². The molecule has 1 fully saturated rings. The van der Waals surface area contributed by atoms with Crippen LogP contribution in [0.25, 0.3) is 0 Å². The van der Waals surface area contributed by atoms with Crippen LogP contribution in [0.1, 0.15) is 45.4 Å². The molecule has 0 saturated carbocycles. The first-order chi connectivity index (χ1) is 9.27. The molecule has 0 bridgehead atoms. The SMILES string of the molecule is CCCCCNC(=NC)NCC(=O)N1CCCCC1.I. The van der Waals surface area contributed by atoms with Gasteiger partial charge in [0.1, 0.15) is 0 Å². The van der Waals surface area contributed by atoms with Crippen LogP contribution in [0, 0.1) is 0 Å². The van der Waals surface area contributed by atoms with Crippen molar-refractivity contribution in [2.75, 3.05) is 33.2 Å². The van der Waals surface area contributed by atoms with Gasteiger partial charge in [-0.15, -0.1) is 24.0 Å². The van der Waals surface area contributed by atoms with Crippen LogP contribution in [0.4, 0.5) is 0 Å². The molecule has 1 aliphatic rings. The molecule has 1 rings (SSSR count). The molecule has 1 amide bonds. The zero-order chi connectivity index (χ0) is 13.9. The largest absolute Gasteiger partial charge is 0.356 e. The lowest BCUT2D eigenvalue weighted by Crippen LogP contribution is -2.46. The lowest BCUT2D eigenvalue weighted by Gasteiger charge is -2.27. The van der Waals surface area contributed by atoms with Crippen molar-refractivity contribution in [3.05, 3.63) is 0 Å². The van der Waals surface area contributed by atoms with E-state index in [1.807, 2.05) is 4.90 Å². The molecular formula is C14H29IN4O. The Hall–Kier alpha value is -0.530. The summed E-state index contributed by atoms with van der Waals surface area (Å²) in [6, 6.07) is 0. The van der Waals surface area contributed by atoms with E-state index in [4.69, 9.17) is 0 Å². The van der Waals surface area contributed by atoms with Gasteiger partial charge in [0, 0.05) is 26.7 Å². The number of rotatable bonds is 6. The van der Waals surface area contributed by atoms with E-state index in [9.17, 15) is 4.79 Å². The first-order valence-electron chi connectivity index (χ1n) is 7.50. The maximum atomic E-state index is 12.0. The summed E-state index contributed by atoms with van der Waals surface area (Å²) in [5, 5.41) is 6.32. The third-order valence-corrected chi connectivity index (χ3v) is 3.41. The van der Waals surface area contributed by atoms with Crippen molar-refractivity contribution in [3.63, 3.8) is 0 Å². The van der Waals surface area contributed by atoms with Gasteiger partial charge in [-0.2, -0.15) is 0 Å². The number of amides is 1. The van der Waals surface area contributed by atoms with Gasteiger partial charge in [-0.1, -0.05) is 19.8 Å². The lowest BCUT2D eigenvalue weighted by atomic mass is 10.1. The van der Waals surface area contributed by atoms with Crippen molar-refractivity contribution in [2.45, 2.75) is 45.4 Å². The van der Waals surface area contributed by atoms with E-state index in [1.165, 1.54) is 19.3 Å². The van der Waals surface area contributed by atoms with Crippen LogP contribution in [0.5, 0.6) is 0 Å². The smallest absolute Gasteiger partial charge is 0.241 e. The molecule has 6 heteroatoms. The number of hydrogen-bond donors (Lipinski definition) is 2. The van der Waals surface area contributed by atoms with Gasteiger partial charge in [-0.05, 0) is 25.7 Å². The third-order valence-electron chi connectivity index (χ3n) is 3.41. The summed E-state index contributed by atoms with van der Waals surface area (Å²) in [4.78, 5) is 18.0. The van der Waals surface area contributed by atoms with E-state index in [2.05, 4.69) is 22.5 Å². The fraction of sp³-hybridized carbons (Fsp3) is 0.857. The van der Waals surface area contributed by atoms with Crippen molar-refractivity contribution in [2.24, 2.45) is 4.99 Å². The number of likely N-dealkylation sites (tertiary alicyclic amines) is 1. The van der Waals surface area contributed by atoms with E-state index < -0.39 is 0 Å². The predicted molar refractivity (Wildman–Crippen MR) is 94.7 cm³/mol. The molecule has 2 N–H and O–H groups in total. The number of nitrogens with zero attached hydrogens (tertiary/aromatic N) is 2. The third kappa shape index (κ3) is 7.91. The Morgan fingerprint density at radius 1 is 1.15 bits per heavy atom. The van der Waals surface area contributed by atoms with Gasteiger partial charge in [-0.25, -0.2) is 0 Å². The number of hydrogen-bond acceptors (Lipinski definition) is 2. The highest BCUT2D eigenvalue weighted by Crippen LogP contribution is 2.08. The van der Waals surface area contributed by atoms with Gasteiger partial charge in [0.05, 0.1) is 6.54 Å². The second-order valence-electron chi connectivity index (χ2n) is 5.00. The maximum Gasteiger partial charge on any atom is 0.241 e. The normalized spacial score (nSPS) is 15.5. The zero-order valence-electron chi connectivity index (χ0n) is 12.8. The van der Waals surface area contributed by atoms with Crippen LogP contribution in [0.15, 0.2) is 4.99 Å². The molecule has 5 nitrogen and oxygen atoms in total. The molecule has 118 valence electrons. The molecule has 0 atom stereocenters. The van der Waals surface area contributed by atoms with Crippen molar-refractivity contribution >= 4 is 35.8 Å². The van der Waals surface area contributed by atoms with E-state index in [0.29, 0.717) is 6.54 Å². The van der Waals surface area contributed by atoms with Gasteiger partial charge in [-0.3, -0.25) is 9.79 Å². The summed E-state index contributed by atoms with van der Waals surface area (Å²) in [6.07, 6.45) is 7.08. The Balaban J connectivity index is 0.00000361. The lowest BCUT2D eigenvalue weighted by molar-refractivity contribution is -0.130. The van der Waals surface area contributed by atoms with E-state index in [1.54, 1.807) is 7.05 Å². The van der Waals surface area contributed by atoms with Crippen LogP contribution >= 0.6 is 24.0 Å². The van der Waals surface area contributed by atoms with E-state index >= 15 is 0 Å². The zero-order valence-corrected chi connectivity index (χ0v) is 15.1. The maximum absolute atomic E-state index is 12.0. The van der Waals surface area contributed by atoms with Gasteiger partial charge >= 0.3 is 0 Å². The van der Waals surface area contributed by atoms with E-state index in [0.717, 1.165) is 44.9 Å². The second kappa shape index (κ2) is 12.2. The molecule has 0 radical (unpaired) electrons. The molecule has 1 aliphatic heterocycles. The van der Waals surface area contributed by atoms with Gasteiger partial charge < -0.3 is 15.5 Å². The highest BCUT2D eigenvalue weighted by atomic mass is 127. The number of halogens is 1. The molecule has 0 aromatic rings. The first kappa shape index (κ1) is 19.5. The summed E-state index contributed by atoms with van der Waals surface area (Å²) in [5.74, 6) is 0.901. The molecule has 1 saturated heterocycles. The summed E-state index contributed by atoms with van der Waals surface area (Å²) in [7, 11) is 1.74. The monoisotopic (exact) mass is 396 g/mol. The van der Waals surface area contributed by atoms with Crippen molar-refractivity contribution in [1.29, 1.82) is 0 Å². The number of piperidine rings is 1. The number of carbonyl (C=O) groups is 1. The minimum Gasteiger partial charge on any atom is -0.356 e. The number of carbonyl (C=O) groups excluding carboxylic acids is 1. The number of nitrogens with one attached hydrogen (secondary N) is 2. The van der Waals surface area contributed by atoms with Crippen molar-refractivity contribution in [1.82, 2.24) is 15.5 Å². The molecular weight excluding hydrogens is 367 g/mol. The highest BCUT2D eigenvalue weighted by Gasteiger charge is 2.16. The van der Waals surface area contributed by atoms with Gasteiger partial charge in [0.25, 0.3) is 0 Å². The Morgan fingerprint density at radius 3 is 2.45 bits per heavy atom. The Kier molecular flexibility index (Phi) is 11.9. The fourth-order valence-electron chi connectivity index (χ4n) is 2.22. The molecule has 0 spiro atoms. The molecule has 0 aliphatic carbocycles. The van der Waals surface area contributed by atoms with Crippen molar-refractivity contribution < 1.29 is 4.79 Å². The number of unbranched alkanes of at least 4 members (excludes halogenated alkanes) is 2. The summed E-state index contributed by atoms with van der Waals surface area (Å²) < 4.78 is 0. The Bertz CT molecular complexity index is 291. The van der Waals surface area contributed by atoms with Crippen LogP contribution in [-0.4, -0.2) is 50.0 Å². The van der Waals surface area contributed by atoms with Gasteiger partial charge in [0.15, 0.2) is 5.96 Å². The molecule has 0 aromatic carbocycles. The molecule has 1 heterocycles.